The Morgan fingerprint density at radius 3 is 3.08 bits per heavy atom. The Morgan fingerprint density at radius 2 is 2.46 bits per heavy atom. The van der Waals surface area contributed by atoms with Crippen molar-refractivity contribution in [3.63, 3.8) is 0 Å². The van der Waals surface area contributed by atoms with Crippen LogP contribution in [0.4, 0.5) is 11.5 Å². The summed E-state index contributed by atoms with van der Waals surface area (Å²) in [5.74, 6) is 0.905. The van der Waals surface area contributed by atoms with Crippen molar-refractivity contribution in [1.82, 2.24) is 10.3 Å². The number of nitrogens with one attached hydrogen (secondary N) is 2. The first-order chi connectivity index (χ1) is 6.34. The average molecular weight is 178 g/mol. The van der Waals surface area contributed by atoms with Gasteiger partial charge in [0.25, 0.3) is 0 Å². The molecule has 4 N–H and O–H groups in total. The molecule has 0 spiro atoms. The topological polar surface area (TPSA) is 63.0 Å². The zero-order valence-corrected chi connectivity index (χ0v) is 7.46. The maximum Gasteiger partial charge on any atom is 0.126 e. The molecule has 1 saturated heterocycles. The van der Waals surface area contributed by atoms with Gasteiger partial charge in [-0.3, -0.25) is 0 Å². The number of anilines is 2. The molecule has 0 saturated carbocycles. The minimum absolute atomic E-state index is 0.510. The number of rotatable bonds is 2. The summed E-state index contributed by atoms with van der Waals surface area (Å²) < 4.78 is 0. The number of nitrogen functional groups attached to an aromatic ring is 1. The molecule has 2 rings (SSSR count). The third-order valence-electron chi connectivity index (χ3n) is 2.20. The van der Waals surface area contributed by atoms with Crippen LogP contribution in [-0.2, 0) is 0 Å². The van der Waals surface area contributed by atoms with Crippen LogP contribution in [0.5, 0.6) is 0 Å². The van der Waals surface area contributed by atoms with Crippen LogP contribution >= 0.6 is 0 Å². The van der Waals surface area contributed by atoms with Crippen molar-refractivity contribution >= 4 is 11.5 Å². The van der Waals surface area contributed by atoms with E-state index in [1.165, 1.54) is 0 Å². The molecule has 4 nitrogen and oxygen atoms in total. The Balaban J connectivity index is 1.97. The van der Waals surface area contributed by atoms with E-state index in [-0.39, 0.29) is 0 Å². The Labute approximate surface area is 77.5 Å². The van der Waals surface area contributed by atoms with Crippen molar-refractivity contribution in [2.75, 3.05) is 24.1 Å². The number of hydrogen-bond donors (Lipinski definition) is 3. The molecule has 1 fully saturated rings. The van der Waals surface area contributed by atoms with Crippen LogP contribution in [-0.4, -0.2) is 24.1 Å². The molecular weight excluding hydrogens is 164 g/mol. The quantitative estimate of drug-likeness (QED) is 0.615. The second-order valence-corrected chi connectivity index (χ2v) is 3.31. The van der Waals surface area contributed by atoms with E-state index in [0.29, 0.717) is 11.7 Å². The SMILES string of the molecule is Nc1ccc(N[C@@H]2CCNC2)nc1. The first-order valence-electron chi connectivity index (χ1n) is 4.53. The summed E-state index contributed by atoms with van der Waals surface area (Å²) in [5, 5.41) is 6.63. The van der Waals surface area contributed by atoms with Crippen molar-refractivity contribution in [3.05, 3.63) is 18.3 Å². The number of aromatic nitrogens is 1. The second-order valence-electron chi connectivity index (χ2n) is 3.31. The van der Waals surface area contributed by atoms with Crippen LogP contribution in [0.3, 0.4) is 0 Å². The Kier molecular flexibility index (Phi) is 2.31. The second kappa shape index (κ2) is 3.62. The molecule has 0 aliphatic carbocycles. The van der Waals surface area contributed by atoms with E-state index in [4.69, 9.17) is 5.73 Å². The number of hydrogen-bond acceptors (Lipinski definition) is 4. The first kappa shape index (κ1) is 8.31. The molecule has 0 aromatic carbocycles. The van der Waals surface area contributed by atoms with E-state index in [2.05, 4.69) is 15.6 Å². The van der Waals surface area contributed by atoms with Crippen molar-refractivity contribution in [2.45, 2.75) is 12.5 Å². The van der Waals surface area contributed by atoms with E-state index in [9.17, 15) is 0 Å². The van der Waals surface area contributed by atoms with Crippen molar-refractivity contribution in [1.29, 1.82) is 0 Å². The Bertz CT molecular complexity index is 263. The molecule has 13 heavy (non-hydrogen) atoms. The zero-order chi connectivity index (χ0) is 9.10. The van der Waals surface area contributed by atoms with Crippen LogP contribution in [0.2, 0.25) is 0 Å². The summed E-state index contributed by atoms with van der Waals surface area (Å²) in [7, 11) is 0. The standard InChI is InChI=1S/C9H14N4/c10-7-1-2-9(12-5-7)13-8-3-4-11-6-8/h1-2,5,8,11H,3-4,6,10H2,(H,12,13)/t8-/m1/s1. The largest absolute Gasteiger partial charge is 0.397 e. The van der Waals surface area contributed by atoms with Crippen molar-refractivity contribution in [3.8, 4) is 0 Å². The third-order valence-corrected chi connectivity index (χ3v) is 2.20. The van der Waals surface area contributed by atoms with Gasteiger partial charge in [0.15, 0.2) is 0 Å². The molecule has 4 heteroatoms. The van der Waals surface area contributed by atoms with E-state index < -0.39 is 0 Å². The summed E-state index contributed by atoms with van der Waals surface area (Å²) in [4.78, 5) is 4.18. The smallest absolute Gasteiger partial charge is 0.126 e. The van der Waals surface area contributed by atoms with Gasteiger partial charge in [-0.2, -0.15) is 0 Å². The molecule has 0 unspecified atom stereocenters. The molecule has 1 aromatic rings. The van der Waals surface area contributed by atoms with Gasteiger partial charge in [0, 0.05) is 12.6 Å². The molecular formula is C9H14N4. The molecule has 70 valence electrons. The number of pyridine rings is 1. The molecule has 1 aliphatic rings. The minimum atomic E-state index is 0.510. The molecule has 0 amide bonds. The lowest BCUT2D eigenvalue weighted by molar-refractivity contribution is 0.788. The minimum Gasteiger partial charge on any atom is -0.397 e. The van der Waals surface area contributed by atoms with Crippen LogP contribution < -0.4 is 16.4 Å². The van der Waals surface area contributed by atoms with E-state index in [1.54, 1.807) is 6.20 Å². The number of nitrogens with zero attached hydrogens (tertiary/aromatic N) is 1. The third kappa shape index (κ3) is 2.09. The van der Waals surface area contributed by atoms with Gasteiger partial charge in [-0.25, -0.2) is 4.98 Å². The maximum atomic E-state index is 5.53. The van der Waals surface area contributed by atoms with Gasteiger partial charge in [0.2, 0.25) is 0 Å². The molecule has 2 heterocycles. The van der Waals surface area contributed by atoms with Gasteiger partial charge >= 0.3 is 0 Å². The normalized spacial score (nSPS) is 21.7. The zero-order valence-electron chi connectivity index (χ0n) is 7.46. The van der Waals surface area contributed by atoms with E-state index >= 15 is 0 Å². The molecule has 1 aromatic heterocycles. The average Bonchev–Trinajstić information content (AvgIpc) is 2.62. The van der Waals surface area contributed by atoms with Crippen LogP contribution in [0.25, 0.3) is 0 Å². The molecule has 0 bridgehead atoms. The van der Waals surface area contributed by atoms with Gasteiger partial charge in [0.1, 0.15) is 5.82 Å². The van der Waals surface area contributed by atoms with Crippen LogP contribution in [0.15, 0.2) is 18.3 Å². The lowest BCUT2D eigenvalue weighted by atomic mass is 10.2. The van der Waals surface area contributed by atoms with E-state index in [1.807, 2.05) is 12.1 Å². The summed E-state index contributed by atoms with van der Waals surface area (Å²) in [6, 6.07) is 4.28. The monoisotopic (exact) mass is 178 g/mol. The van der Waals surface area contributed by atoms with Crippen LogP contribution in [0.1, 0.15) is 6.42 Å². The fourth-order valence-corrected chi connectivity index (χ4v) is 1.48. The van der Waals surface area contributed by atoms with Gasteiger partial charge < -0.3 is 16.4 Å². The maximum absolute atomic E-state index is 5.53. The Morgan fingerprint density at radius 1 is 1.54 bits per heavy atom. The van der Waals surface area contributed by atoms with Gasteiger partial charge in [0.05, 0.1) is 11.9 Å². The molecule has 0 radical (unpaired) electrons. The highest BCUT2D eigenvalue weighted by Crippen LogP contribution is 2.09. The highest BCUT2D eigenvalue weighted by Gasteiger charge is 2.13. The fraction of sp³-hybridized carbons (Fsp3) is 0.444. The van der Waals surface area contributed by atoms with Gasteiger partial charge in [-0.1, -0.05) is 0 Å². The number of nitrogens with two attached hydrogens (primary N) is 1. The fourth-order valence-electron chi connectivity index (χ4n) is 1.48. The van der Waals surface area contributed by atoms with Gasteiger partial charge in [-0.15, -0.1) is 0 Å². The predicted molar refractivity (Wildman–Crippen MR) is 53.5 cm³/mol. The predicted octanol–water partition coefficient (Wildman–Crippen LogP) is 0.438. The molecule has 1 aliphatic heterocycles. The summed E-state index contributed by atoms with van der Waals surface area (Å²) in [5.41, 5.74) is 6.24. The van der Waals surface area contributed by atoms with Crippen LogP contribution in [0, 0.1) is 0 Å². The summed E-state index contributed by atoms with van der Waals surface area (Å²) in [6.07, 6.45) is 2.83. The van der Waals surface area contributed by atoms with Crippen molar-refractivity contribution < 1.29 is 0 Å². The lowest BCUT2D eigenvalue weighted by Crippen LogP contribution is -2.22. The Hall–Kier alpha value is -1.29. The highest BCUT2D eigenvalue weighted by molar-refractivity contribution is 5.44. The lowest BCUT2D eigenvalue weighted by Gasteiger charge is -2.11. The highest BCUT2D eigenvalue weighted by atomic mass is 15.1. The van der Waals surface area contributed by atoms with Crippen molar-refractivity contribution in [2.24, 2.45) is 0 Å². The first-order valence-corrected chi connectivity index (χ1v) is 4.53. The molecule has 1 atom stereocenters. The van der Waals surface area contributed by atoms with E-state index in [0.717, 1.165) is 25.3 Å². The summed E-state index contributed by atoms with van der Waals surface area (Å²) in [6.45, 7) is 2.11. The van der Waals surface area contributed by atoms with Gasteiger partial charge in [-0.05, 0) is 25.1 Å². The summed E-state index contributed by atoms with van der Waals surface area (Å²) >= 11 is 0.